The Labute approximate surface area is 130 Å². The number of benzene rings is 2. The van der Waals surface area contributed by atoms with Crippen LogP contribution in [0.2, 0.25) is 0 Å². The monoisotopic (exact) mass is 351 g/mol. The molecule has 2 aromatic carbocycles. The van der Waals surface area contributed by atoms with Gasteiger partial charge in [0.25, 0.3) is 5.91 Å². The number of rotatable bonds is 4. The van der Waals surface area contributed by atoms with Crippen LogP contribution >= 0.6 is 15.9 Å². The van der Waals surface area contributed by atoms with E-state index in [1.54, 1.807) is 25.1 Å². The third-order valence-electron chi connectivity index (χ3n) is 3.18. The van der Waals surface area contributed by atoms with Crippen molar-refractivity contribution in [1.29, 1.82) is 0 Å². The van der Waals surface area contributed by atoms with Crippen molar-refractivity contribution >= 4 is 21.8 Å². The molecule has 0 aromatic heterocycles. The van der Waals surface area contributed by atoms with E-state index >= 15 is 0 Å². The third kappa shape index (κ3) is 3.89. The van der Waals surface area contributed by atoms with Gasteiger partial charge < -0.3 is 10.4 Å². The minimum absolute atomic E-state index is 0.0266. The van der Waals surface area contributed by atoms with E-state index < -0.39 is 5.60 Å². The molecule has 0 aliphatic heterocycles. The van der Waals surface area contributed by atoms with E-state index in [4.69, 9.17) is 0 Å². The summed E-state index contributed by atoms with van der Waals surface area (Å²) in [6.45, 7) is 1.60. The summed E-state index contributed by atoms with van der Waals surface area (Å²) in [7, 11) is 0. The standard InChI is InChI=1S/C16H15BrFNO2/c1-16(21,11-6-8-12(18)9-7-11)10-19-15(20)13-4-2-3-5-14(13)17/h2-9,21H,10H2,1H3,(H,19,20). The van der Waals surface area contributed by atoms with E-state index in [1.165, 1.54) is 24.3 Å². The smallest absolute Gasteiger partial charge is 0.252 e. The lowest BCUT2D eigenvalue weighted by molar-refractivity contribution is 0.0525. The number of carbonyl (C=O) groups is 1. The zero-order chi connectivity index (χ0) is 15.5. The van der Waals surface area contributed by atoms with Crippen molar-refractivity contribution < 1.29 is 14.3 Å². The van der Waals surface area contributed by atoms with Gasteiger partial charge in [-0.25, -0.2) is 4.39 Å². The number of hydrogen-bond acceptors (Lipinski definition) is 2. The molecular formula is C16H15BrFNO2. The van der Waals surface area contributed by atoms with Crippen molar-refractivity contribution in [3.05, 3.63) is 69.9 Å². The third-order valence-corrected chi connectivity index (χ3v) is 3.87. The summed E-state index contributed by atoms with van der Waals surface area (Å²) in [6.07, 6.45) is 0. The van der Waals surface area contributed by atoms with Gasteiger partial charge in [0, 0.05) is 4.47 Å². The van der Waals surface area contributed by atoms with Crippen LogP contribution in [0, 0.1) is 5.82 Å². The molecule has 0 radical (unpaired) electrons. The summed E-state index contributed by atoms with van der Waals surface area (Å²) in [6, 6.07) is 12.6. The van der Waals surface area contributed by atoms with Crippen LogP contribution in [0.3, 0.4) is 0 Å². The van der Waals surface area contributed by atoms with Crippen molar-refractivity contribution in [2.75, 3.05) is 6.54 Å². The zero-order valence-electron chi connectivity index (χ0n) is 11.4. The molecule has 2 rings (SSSR count). The molecule has 0 aliphatic carbocycles. The normalized spacial score (nSPS) is 13.5. The summed E-state index contributed by atoms with van der Waals surface area (Å²) in [5.74, 6) is -0.656. The Morgan fingerprint density at radius 2 is 1.86 bits per heavy atom. The number of halogens is 2. The topological polar surface area (TPSA) is 49.3 Å². The highest BCUT2D eigenvalue weighted by molar-refractivity contribution is 9.10. The van der Waals surface area contributed by atoms with Gasteiger partial charge in [0.05, 0.1) is 12.1 Å². The molecule has 1 unspecified atom stereocenters. The van der Waals surface area contributed by atoms with Gasteiger partial charge in [-0.3, -0.25) is 4.79 Å². The van der Waals surface area contributed by atoms with Gasteiger partial charge in [-0.1, -0.05) is 24.3 Å². The van der Waals surface area contributed by atoms with Gasteiger partial charge in [0.15, 0.2) is 0 Å². The van der Waals surface area contributed by atoms with Gasteiger partial charge in [-0.05, 0) is 52.7 Å². The lowest BCUT2D eigenvalue weighted by Gasteiger charge is -2.24. The summed E-state index contributed by atoms with van der Waals surface area (Å²) >= 11 is 3.31. The van der Waals surface area contributed by atoms with Crippen molar-refractivity contribution in [3.8, 4) is 0 Å². The van der Waals surface area contributed by atoms with Gasteiger partial charge in [-0.2, -0.15) is 0 Å². The molecule has 0 bridgehead atoms. The van der Waals surface area contributed by atoms with Crippen LogP contribution in [0.1, 0.15) is 22.8 Å². The maximum absolute atomic E-state index is 12.9. The fourth-order valence-corrected chi connectivity index (χ4v) is 2.37. The van der Waals surface area contributed by atoms with Crippen molar-refractivity contribution in [3.63, 3.8) is 0 Å². The van der Waals surface area contributed by atoms with Gasteiger partial charge in [-0.15, -0.1) is 0 Å². The second-order valence-electron chi connectivity index (χ2n) is 4.94. The van der Waals surface area contributed by atoms with E-state index in [9.17, 15) is 14.3 Å². The molecule has 0 aliphatic rings. The summed E-state index contributed by atoms with van der Waals surface area (Å²) in [5.41, 5.74) is -0.242. The molecule has 2 aromatic rings. The highest BCUT2D eigenvalue weighted by Gasteiger charge is 2.24. The summed E-state index contributed by atoms with van der Waals surface area (Å²) < 4.78 is 13.6. The Morgan fingerprint density at radius 3 is 2.48 bits per heavy atom. The van der Waals surface area contributed by atoms with E-state index in [0.717, 1.165) is 0 Å². The molecule has 0 fully saturated rings. The quantitative estimate of drug-likeness (QED) is 0.888. The SMILES string of the molecule is CC(O)(CNC(=O)c1ccccc1Br)c1ccc(F)cc1. The van der Waals surface area contributed by atoms with Crippen LogP contribution in [-0.2, 0) is 5.60 Å². The van der Waals surface area contributed by atoms with Crippen molar-refractivity contribution in [1.82, 2.24) is 5.32 Å². The average molecular weight is 352 g/mol. The fraction of sp³-hybridized carbons (Fsp3) is 0.188. The molecule has 110 valence electrons. The molecule has 5 heteroatoms. The lowest BCUT2D eigenvalue weighted by Crippen LogP contribution is -2.38. The molecular weight excluding hydrogens is 337 g/mol. The molecule has 3 nitrogen and oxygen atoms in total. The van der Waals surface area contributed by atoms with Crippen LogP contribution < -0.4 is 5.32 Å². The first kappa shape index (κ1) is 15.7. The van der Waals surface area contributed by atoms with Crippen LogP contribution in [-0.4, -0.2) is 17.6 Å². The first-order valence-corrected chi connectivity index (χ1v) is 7.20. The van der Waals surface area contributed by atoms with Gasteiger partial charge >= 0.3 is 0 Å². The molecule has 0 saturated heterocycles. The zero-order valence-corrected chi connectivity index (χ0v) is 13.0. The molecule has 0 spiro atoms. The molecule has 21 heavy (non-hydrogen) atoms. The lowest BCUT2D eigenvalue weighted by atomic mass is 9.96. The largest absolute Gasteiger partial charge is 0.384 e. The van der Waals surface area contributed by atoms with Crippen molar-refractivity contribution in [2.45, 2.75) is 12.5 Å². The van der Waals surface area contributed by atoms with Gasteiger partial charge in [0.1, 0.15) is 11.4 Å². The number of carbonyl (C=O) groups excluding carboxylic acids is 1. The maximum atomic E-state index is 12.9. The number of amides is 1. The highest BCUT2D eigenvalue weighted by Crippen LogP contribution is 2.21. The Balaban J connectivity index is 2.06. The van der Waals surface area contributed by atoms with Crippen LogP contribution in [0.4, 0.5) is 4.39 Å². The second-order valence-corrected chi connectivity index (χ2v) is 5.80. The average Bonchev–Trinajstić information content (AvgIpc) is 2.46. The Hall–Kier alpha value is -1.72. The summed E-state index contributed by atoms with van der Waals surface area (Å²) in [4.78, 5) is 12.1. The maximum Gasteiger partial charge on any atom is 0.252 e. The predicted molar refractivity (Wildman–Crippen MR) is 82.4 cm³/mol. The minimum Gasteiger partial charge on any atom is -0.384 e. The van der Waals surface area contributed by atoms with E-state index in [2.05, 4.69) is 21.2 Å². The predicted octanol–water partition coefficient (Wildman–Crippen LogP) is 3.23. The van der Waals surface area contributed by atoms with E-state index in [1.807, 2.05) is 6.07 Å². The first-order valence-electron chi connectivity index (χ1n) is 6.41. The van der Waals surface area contributed by atoms with Crippen LogP contribution in [0.25, 0.3) is 0 Å². The first-order chi connectivity index (χ1) is 9.90. The molecule has 1 amide bonds. The Morgan fingerprint density at radius 1 is 1.24 bits per heavy atom. The number of hydrogen-bond donors (Lipinski definition) is 2. The molecule has 0 heterocycles. The number of nitrogens with one attached hydrogen (secondary N) is 1. The van der Waals surface area contributed by atoms with Crippen LogP contribution in [0.5, 0.6) is 0 Å². The van der Waals surface area contributed by atoms with E-state index in [0.29, 0.717) is 15.6 Å². The van der Waals surface area contributed by atoms with Crippen molar-refractivity contribution in [2.24, 2.45) is 0 Å². The minimum atomic E-state index is -1.27. The van der Waals surface area contributed by atoms with E-state index in [-0.39, 0.29) is 18.3 Å². The summed E-state index contributed by atoms with van der Waals surface area (Å²) in [5, 5.41) is 13.1. The fourth-order valence-electron chi connectivity index (χ4n) is 1.90. The molecule has 1 atom stereocenters. The Bertz CT molecular complexity index is 641. The Kier molecular flexibility index (Phi) is 4.75. The molecule has 0 saturated carbocycles. The number of aliphatic hydroxyl groups is 1. The second kappa shape index (κ2) is 6.37. The van der Waals surface area contributed by atoms with Gasteiger partial charge in [0.2, 0.25) is 0 Å². The molecule has 2 N–H and O–H groups in total. The highest BCUT2D eigenvalue weighted by atomic mass is 79.9. The van der Waals surface area contributed by atoms with Crippen LogP contribution in [0.15, 0.2) is 53.0 Å².